The minimum atomic E-state index is -4.69. The smallest absolute Gasteiger partial charge is 0.148 e. The molecule has 0 spiro atoms. The number of allylic oxidation sites excluding steroid dienone is 2. The molecule has 0 amide bonds. The molecule has 0 saturated carbocycles. The SMILES string of the molecule is CC1=CC(C)=NC2=C(c3ccccc3)SC(C)N12.[O-][Cl+3]([O-])([O-])O. The molecule has 8 heteroatoms. The molecule has 124 valence electrons. The molecule has 2 aliphatic rings. The Labute approximate surface area is 141 Å². The van der Waals surface area contributed by atoms with Gasteiger partial charge in [0.1, 0.15) is 5.82 Å². The van der Waals surface area contributed by atoms with Crippen LogP contribution in [0.3, 0.4) is 0 Å². The van der Waals surface area contributed by atoms with Crippen molar-refractivity contribution in [2.45, 2.75) is 26.1 Å². The zero-order chi connectivity index (χ0) is 17.2. The summed E-state index contributed by atoms with van der Waals surface area (Å²) in [6, 6.07) is 10.5. The molecule has 3 rings (SSSR count). The topological polar surface area (TPSA) is 105 Å². The standard InChI is InChI=1S/C15H16N2S.ClHO4/c1-10-9-11(2)17-12(3)18-14(15(17)16-10)13-7-5-4-6-8-13;2-1(3,4)5/h4-9,12H,1-3H3;(H,2,3,4,5). The van der Waals surface area contributed by atoms with Gasteiger partial charge in [0.05, 0.1) is 25.2 Å². The molecule has 0 bridgehead atoms. The van der Waals surface area contributed by atoms with E-state index in [1.165, 1.54) is 16.2 Å². The summed E-state index contributed by atoms with van der Waals surface area (Å²) in [5.41, 5.74) is 3.63. The molecular formula is C15H17ClN2O4S. The molecule has 6 nitrogen and oxygen atoms in total. The van der Waals surface area contributed by atoms with Crippen LogP contribution in [0.15, 0.2) is 52.9 Å². The van der Waals surface area contributed by atoms with Crippen LogP contribution in [0.25, 0.3) is 4.91 Å². The van der Waals surface area contributed by atoms with Crippen molar-refractivity contribution in [1.82, 2.24) is 4.90 Å². The van der Waals surface area contributed by atoms with E-state index in [2.05, 4.69) is 62.1 Å². The maximum Gasteiger partial charge on any atom is 0.148 e. The van der Waals surface area contributed by atoms with Crippen LogP contribution in [0.5, 0.6) is 0 Å². The fourth-order valence-corrected chi connectivity index (χ4v) is 3.71. The number of nitrogens with zero attached hydrogens (tertiary/aromatic N) is 2. The average Bonchev–Trinajstić information content (AvgIpc) is 2.75. The quantitative estimate of drug-likeness (QED) is 0.757. The van der Waals surface area contributed by atoms with E-state index >= 15 is 0 Å². The molecule has 1 aromatic rings. The Hall–Kier alpha value is -1.35. The van der Waals surface area contributed by atoms with Gasteiger partial charge < -0.3 is 4.90 Å². The molecule has 1 atom stereocenters. The van der Waals surface area contributed by atoms with Gasteiger partial charge in [-0.2, -0.15) is 14.0 Å². The number of hydrogen-bond acceptors (Lipinski definition) is 7. The molecule has 0 fully saturated rings. The summed E-state index contributed by atoms with van der Waals surface area (Å²) in [7, 11) is -4.69. The van der Waals surface area contributed by atoms with E-state index in [4.69, 9.17) is 23.6 Å². The normalized spacial score (nSPS) is 20.5. The van der Waals surface area contributed by atoms with Crippen LogP contribution in [0, 0.1) is 10.2 Å². The summed E-state index contributed by atoms with van der Waals surface area (Å²) >= 11 is 1.89. The summed E-state index contributed by atoms with van der Waals surface area (Å²) in [5, 5.41) is 0.420. The van der Waals surface area contributed by atoms with E-state index in [0.29, 0.717) is 5.37 Å². The van der Waals surface area contributed by atoms with Crippen molar-refractivity contribution in [3.8, 4) is 0 Å². The first-order valence-electron chi connectivity index (χ1n) is 6.79. The number of thioether (sulfide) groups is 1. The van der Waals surface area contributed by atoms with Gasteiger partial charge in [-0.15, -0.1) is 0 Å². The third kappa shape index (κ3) is 4.81. The summed E-state index contributed by atoms with van der Waals surface area (Å²) < 4.78 is 32.7. The summed E-state index contributed by atoms with van der Waals surface area (Å²) in [6.45, 7) is 6.45. The van der Waals surface area contributed by atoms with Gasteiger partial charge >= 0.3 is 0 Å². The fraction of sp³-hybridized carbons (Fsp3) is 0.267. The van der Waals surface area contributed by atoms with Gasteiger partial charge in [-0.25, -0.2) is 4.99 Å². The molecule has 0 radical (unpaired) electrons. The van der Waals surface area contributed by atoms with Crippen molar-refractivity contribution in [1.29, 1.82) is 0 Å². The molecule has 0 aromatic heterocycles. The van der Waals surface area contributed by atoms with Gasteiger partial charge in [0.15, 0.2) is 0 Å². The third-order valence-electron chi connectivity index (χ3n) is 3.20. The number of rotatable bonds is 1. The van der Waals surface area contributed by atoms with Crippen LogP contribution < -0.4 is 14.0 Å². The number of benzene rings is 1. The second-order valence-electron chi connectivity index (χ2n) is 5.04. The first kappa shape index (κ1) is 18.0. The van der Waals surface area contributed by atoms with Crippen molar-refractivity contribution in [3.63, 3.8) is 0 Å². The minimum absolute atomic E-state index is 0.420. The van der Waals surface area contributed by atoms with Crippen LogP contribution >= 0.6 is 11.8 Å². The van der Waals surface area contributed by atoms with E-state index < -0.39 is 10.2 Å². The molecule has 0 saturated heterocycles. The van der Waals surface area contributed by atoms with Crippen molar-refractivity contribution in [2.24, 2.45) is 4.99 Å². The first-order chi connectivity index (χ1) is 10.7. The lowest BCUT2D eigenvalue weighted by molar-refractivity contribution is -1.92. The van der Waals surface area contributed by atoms with Crippen molar-refractivity contribution in [3.05, 3.63) is 53.5 Å². The molecule has 23 heavy (non-hydrogen) atoms. The van der Waals surface area contributed by atoms with Gasteiger partial charge in [0, 0.05) is 11.4 Å². The number of fused-ring (bicyclic) bond motifs is 1. The van der Waals surface area contributed by atoms with E-state index in [1.807, 2.05) is 11.8 Å². The van der Waals surface area contributed by atoms with Gasteiger partial charge in [-0.3, -0.25) is 0 Å². The van der Waals surface area contributed by atoms with E-state index in [-0.39, 0.29) is 0 Å². The van der Waals surface area contributed by atoms with Crippen LogP contribution in [0.1, 0.15) is 26.3 Å². The Morgan fingerprint density at radius 3 is 2.30 bits per heavy atom. The van der Waals surface area contributed by atoms with Crippen molar-refractivity contribution < 1.29 is 28.9 Å². The van der Waals surface area contributed by atoms with Crippen LogP contribution in [-0.4, -0.2) is 20.6 Å². The maximum absolute atomic E-state index is 8.60. The maximum atomic E-state index is 8.60. The lowest BCUT2D eigenvalue weighted by atomic mass is 10.2. The first-order valence-corrected chi connectivity index (χ1v) is 8.93. The Bertz CT molecular complexity index is 662. The summed E-state index contributed by atoms with van der Waals surface area (Å²) in [5.74, 6) is 1.11. The molecule has 2 aliphatic heterocycles. The Balaban J connectivity index is 0.000000338. The summed E-state index contributed by atoms with van der Waals surface area (Å²) in [4.78, 5) is 8.33. The predicted molar refractivity (Wildman–Crippen MR) is 81.3 cm³/mol. The molecule has 1 aromatic carbocycles. The number of aliphatic imine (C=N–C) groups is 1. The predicted octanol–water partition coefficient (Wildman–Crippen LogP) is -0.0382. The molecule has 1 unspecified atom stereocenters. The van der Waals surface area contributed by atoms with Crippen LogP contribution in [0.4, 0.5) is 0 Å². The Kier molecular flexibility index (Phi) is 5.51. The average molecular weight is 357 g/mol. The second kappa shape index (κ2) is 7.04. The number of halogens is 1. The van der Waals surface area contributed by atoms with E-state index in [9.17, 15) is 0 Å². The lowest BCUT2D eigenvalue weighted by Crippen LogP contribution is -2.58. The fourth-order valence-electron chi connectivity index (χ4n) is 2.47. The Morgan fingerprint density at radius 2 is 1.74 bits per heavy atom. The zero-order valence-electron chi connectivity index (χ0n) is 12.9. The van der Waals surface area contributed by atoms with Crippen LogP contribution in [-0.2, 0) is 0 Å². The minimum Gasteiger partial charge on any atom is -0.317 e. The van der Waals surface area contributed by atoms with Gasteiger partial charge in [0.25, 0.3) is 0 Å². The highest BCUT2D eigenvalue weighted by Gasteiger charge is 2.33. The molecule has 1 N–H and O–H groups in total. The lowest BCUT2D eigenvalue weighted by Gasteiger charge is -2.27. The highest BCUT2D eigenvalue weighted by Crippen LogP contribution is 2.47. The van der Waals surface area contributed by atoms with Gasteiger partial charge in [-0.1, -0.05) is 42.1 Å². The summed E-state index contributed by atoms with van der Waals surface area (Å²) in [6.07, 6.45) is 2.15. The Morgan fingerprint density at radius 1 is 1.17 bits per heavy atom. The van der Waals surface area contributed by atoms with E-state index in [1.54, 1.807) is 0 Å². The molecule has 2 heterocycles. The van der Waals surface area contributed by atoms with Gasteiger partial charge in [-0.05, 0) is 32.4 Å². The highest BCUT2D eigenvalue weighted by molar-refractivity contribution is 8.09. The molecular weight excluding hydrogens is 340 g/mol. The monoisotopic (exact) mass is 356 g/mol. The second-order valence-corrected chi connectivity index (χ2v) is 7.16. The van der Waals surface area contributed by atoms with E-state index in [0.717, 1.165) is 11.5 Å². The number of hydrogen-bond donors (Lipinski definition) is 1. The zero-order valence-corrected chi connectivity index (χ0v) is 14.5. The third-order valence-corrected chi connectivity index (χ3v) is 4.41. The van der Waals surface area contributed by atoms with Crippen molar-refractivity contribution >= 4 is 22.4 Å². The van der Waals surface area contributed by atoms with Crippen molar-refractivity contribution in [2.75, 3.05) is 0 Å². The molecule has 0 aliphatic carbocycles. The van der Waals surface area contributed by atoms with Gasteiger partial charge in [0.2, 0.25) is 0 Å². The largest absolute Gasteiger partial charge is 0.317 e. The van der Waals surface area contributed by atoms with Crippen LogP contribution in [0.2, 0.25) is 0 Å². The highest BCUT2D eigenvalue weighted by atomic mass is 35.7.